The largest absolute Gasteiger partial charge is 0.372 e. The molecule has 2 saturated heterocycles. The molecular formula is C18H23NO. The number of benzene rings is 1. The molecule has 3 heterocycles. The molecule has 1 saturated carbocycles. The van der Waals surface area contributed by atoms with Crippen molar-refractivity contribution in [2.24, 2.45) is 11.8 Å². The number of nitrogens with zero attached hydrogens (tertiary/aromatic N) is 1. The number of ether oxygens (including phenoxy) is 1. The summed E-state index contributed by atoms with van der Waals surface area (Å²) in [5.74, 6) is 1.69. The first kappa shape index (κ1) is 11.8. The average molecular weight is 269 g/mol. The van der Waals surface area contributed by atoms with Crippen LogP contribution in [0.4, 0.5) is 0 Å². The fraction of sp³-hybridized carbons (Fsp3) is 0.667. The first-order valence-corrected chi connectivity index (χ1v) is 8.39. The van der Waals surface area contributed by atoms with Gasteiger partial charge in [-0.2, -0.15) is 0 Å². The number of hydrogen-bond acceptors (Lipinski definition) is 2. The minimum absolute atomic E-state index is 0.473. The Morgan fingerprint density at radius 3 is 2.90 bits per heavy atom. The molecule has 5 unspecified atom stereocenters. The Hall–Kier alpha value is -0.860. The van der Waals surface area contributed by atoms with Gasteiger partial charge in [0.05, 0.1) is 18.2 Å². The predicted molar refractivity (Wildman–Crippen MR) is 78.3 cm³/mol. The topological polar surface area (TPSA) is 12.5 Å². The van der Waals surface area contributed by atoms with Crippen LogP contribution in [-0.2, 0) is 11.3 Å². The molecule has 3 aliphatic heterocycles. The minimum Gasteiger partial charge on any atom is -0.372 e. The molecular weight excluding hydrogens is 246 g/mol. The van der Waals surface area contributed by atoms with Gasteiger partial charge in [-0.05, 0) is 48.8 Å². The van der Waals surface area contributed by atoms with E-state index in [9.17, 15) is 0 Å². The maximum Gasteiger partial charge on any atom is 0.0808 e. The molecule has 5 rings (SSSR count). The molecule has 0 radical (unpaired) electrons. The fourth-order valence-electron chi connectivity index (χ4n) is 5.42. The van der Waals surface area contributed by atoms with E-state index >= 15 is 0 Å². The summed E-state index contributed by atoms with van der Waals surface area (Å²) in [7, 11) is 0. The van der Waals surface area contributed by atoms with E-state index in [1.54, 1.807) is 5.56 Å². The summed E-state index contributed by atoms with van der Waals surface area (Å²) in [6, 6.07) is 9.59. The third kappa shape index (κ3) is 1.52. The molecule has 1 aromatic rings. The quantitative estimate of drug-likeness (QED) is 0.714. The normalized spacial score (nSPS) is 42.7. The molecule has 0 N–H and O–H groups in total. The van der Waals surface area contributed by atoms with Crippen LogP contribution in [0.2, 0.25) is 0 Å². The van der Waals surface area contributed by atoms with E-state index in [1.165, 1.54) is 44.2 Å². The van der Waals surface area contributed by atoms with Gasteiger partial charge in [0.1, 0.15) is 0 Å². The van der Waals surface area contributed by atoms with Crippen molar-refractivity contribution in [3.05, 3.63) is 35.4 Å². The van der Waals surface area contributed by atoms with Crippen LogP contribution in [0.5, 0.6) is 0 Å². The van der Waals surface area contributed by atoms with E-state index in [4.69, 9.17) is 4.74 Å². The Labute approximate surface area is 121 Å². The van der Waals surface area contributed by atoms with Gasteiger partial charge in [-0.1, -0.05) is 37.1 Å². The van der Waals surface area contributed by atoms with Gasteiger partial charge in [-0.15, -0.1) is 0 Å². The number of hydrogen-bond donors (Lipinski definition) is 0. The lowest BCUT2D eigenvalue weighted by Gasteiger charge is -2.39. The van der Waals surface area contributed by atoms with Gasteiger partial charge in [0.25, 0.3) is 0 Å². The molecule has 2 heteroatoms. The molecule has 0 spiro atoms. The first-order valence-electron chi connectivity index (χ1n) is 8.39. The highest BCUT2D eigenvalue weighted by molar-refractivity contribution is 5.36. The third-order valence-corrected chi connectivity index (χ3v) is 6.26. The van der Waals surface area contributed by atoms with Crippen LogP contribution in [0, 0.1) is 11.8 Å². The number of fused-ring (bicyclic) bond motifs is 7. The van der Waals surface area contributed by atoms with Gasteiger partial charge in [0.15, 0.2) is 0 Å². The SMILES string of the molecule is c1ccc2c(c1)CN1CCC3C4CCCCC4OC3C21. The lowest BCUT2D eigenvalue weighted by atomic mass is 9.74. The summed E-state index contributed by atoms with van der Waals surface area (Å²) < 4.78 is 6.60. The van der Waals surface area contributed by atoms with Gasteiger partial charge >= 0.3 is 0 Å². The van der Waals surface area contributed by atoms with E-state index in [2.05, 4.69) is 29.2 Å². The highest BCUT2D eigenvalue weighted by Crippen LogP contribution is 2.53. The molecule has 1 aromatic carbocycles. The second-order valence-electron chi connectivity index (χ2n) is 7.15. The zero-order chi connectivity index (χ0) is 13.1. The Morgan fingerprint density at radius 2 is 1.90 bits per heavy atom. The average Bonchev–Trinajstić information content (AvgIpc) is 3.04. The first-order chi connectivity index (χ1) is 9.92. The minimum atomic E-state index is 0.473. The Bertz CT molecular complexity index is 528. The van der Waals surface area contributed by atoms with Crippen LogP contribution < -0.4 is 0 Å². The molecule has 0 amide bonds. The summed E-state index contributed by atoms with van der Waals surface area (Å²) in [5.41, 5.74) is 3.09. The van der Waals surface area contributed by atoms with Gasteiger partial charge in [0.2, 0.25) is 0 Å². The summed E-state index contributed by atoms with van der Waals surface area (Å²) in [6.07, 6.45) is 7.94. The van der Waals surface area contributed by atoms with Crippen molar-refractivity contribution in [3.8, 4) is 0 Å². The van der Waals surface area contributed by atoms with E-state index in [-0.39, 0.29) is 0 Å². The summed E-state index contributed by atoms with van der Waals surface area (Å²) >= 11 is 0. The van der Waals surface area contributed by atoms with Crippen LogP contribution in [0.15, 0.2) is 24.3 Å². The number of piperidine rings is 1. The Morgan fingerprint density at radius 1 is 1.00 bits per heavy atom. The lowest BCUT2D eigenvalue weighted by molar-refractivity contribution is -0.0474. The van der Waals surface area contributed by atoms with Crippen molar-refractivity contribution >= 4 is 0 Å². The van der Waals surface area contributed by atoms with Gasteiger partial charge in [0, 0.05) is 6.54 Å². The van der Waals surface area contributed by atoms with Crippen LogP contribution in [-0.4, -0.2) is 23.7 Å². The molecule has 2 nitrogen and oxygen atoms in total. The van der Waals surface area contributed by atoms with Crippen molar-refractivity contribution in [2.45, 2.75) is 56.9 Å². The zero-order valence-corrected chi connectivity index (χ0v) is 12.0. The summed E-state index contributed by atoms with van der Waals surface area (Å²) in [6.45, 7) is 2.41. The number of rotatable bonds is 0. The maximum absolute atomic E-state index is 6.60. The van der Waals surface area contributed by atoms with E-state index in [0.29, 0.717) is 18.2 Å². The van der Waals surface area contributed by atoms with Crippen molar-refractivity contribution in [2.75, 3.05) is 6.54 Å². The third-order valence-electron chi connectivity index (χ3n) is 6.26. The van der Waals surface area contributed by atoms with Crippen molar-refractivity contribution in [1.82, 2.24) is 4.90 Å². The highest BCUT2D eigenvalue weighted by Gasteiger charge is 2.53. The van der Waals surface area contributed by atoms with Crippen LogP contribution in [0.1, 0.15) is 49.3 Å². The monoisotopic (exact) mass is 269 g/mol. The highest BCUT2D eigenvalue weighted by atomic mass is 16.5. The molecule has 3 fully saturated rings. The fourth-order valence-corrected chi connectivity index (χ4v) is 5.42. The van der Waals surface area contributed by atoms with Crippen LogP contribution >= 0.6 is 0 Å². The molecule has 20 heavy (non-hydrogen) atoms. The summed E-state index contributed by atoms with van der Waals surface area (Å²) in [4.78, 5) is 2.67. The second-order valence-corrected chi connectivity index (χ2v) is 7.15. The smallest absolute Gasteiger partial charge is 0.0808 e. The Balaban J connectivity index is 1.52. The van der Waals surface area contributed by atoms with Crippen molar-refractivity contribution < 1.29 is 4.74 Å². The van der Waals surface area contributed by atoms with E-state index < -0.39 is 0 Å². The lowest BCUT2D eigenvalue weighted by Crippen LogP contribution is -2.42. The molecule has 5 atom stereocenters. The van der Waals surface area contributed by atoms with Crippen LogP contribution in [0.25, 0.3) is 0 Å². The predicted octanol–water partition coefficient (Wildman–Crippen LogP) is 3.52. The van der Waals surface area contributed by atoms with Gasteiger partial charge < -0.3 is 4.74 Å². The van der Waals surface area contributed by atoms with E-state index in [1.807, 2.05) is 0 Å². The standard InChI is InChI=1S/C18H23NO/c1-2-6-13-12(5-1)11-19-10-9-15-14-7-3-4-8-16(14)20-18(15)17(13)19/h1-2,5-6,14-18H,3-4,7-11H2. The molecule has 0 aromatic heterocycles. The van der Waals surface area contributed by atoms with Gasteiger partial charge in [-0.3, -0.25) is 4.90 Å². The summed E-state index contributed by atoms with van der Waals surface area (Å²) in [5, 5.41) is 0. The molecule has 1 aliphatic carbocycles. The van der Waals surface area contributed by atoms with Gasteiger partial charge in [-0.25, -0.2) is 0 Å². The second kappa shape index (κ2) is 4.32. The molecule has 106 valence electrons. The molecule has 0 bridgehead atoms. The van der Waals surface area contributed by atoms with Crippen molar-refractivity contribution in [1.29, 1.82) is 0 Å². The molecule has 4 aliphatic rings. The van der Waals surface area contributed by atoms with Crippen LogP contribution in [0.3, 0.4) is 0 Å². The van der Waals surface area contributed by atoms with Crippen molar-refractivity contribution in [3.63, 3.8) is 0 Å². The Kier molecular flexibility index (Phi) is 2.54. The zero-order valence-electron chi connectivity index (χ0n) is 12.0. The van der Waals surface area contributed by atoms with E-state index in [0.717, 1.165) is 18.4 Å². The maximum atomic E-state index is 6.60.